The van der Waals surface area contributed by atoms with Gasteiger partial charge in [0, 0.05) is 12.6 Å². The lowest BCUT2D eigenvalue weighted by molar-refractivity contribution is -0.123. The number of amides is 1. The number of nitrogens with one attached hydrogen (secondary N) is 1. The number of hydrogen-bond donors (Lipinski definition) is 1. The van der Waals surface area contributed by atoms with Crippen molar-refractivity contribution in [1.82, 2.24) is 5.32 Å². The fourth-order valence-electron chi connectivity index (χ4n) is 2.31. The molecule has 0 fully saturated rings. The quantitative estimate of drug-likeness (QED) is 0.883. The number of ether oxygens (including phenoxy) is 3. The normalized spacial score (nSPS) is 12.5. The summed E-state index contributed by atoms with van der Waals surface area (Å²) in [7, 11) is 0. The van der Waals surface area contributed by atoms with Crippen LogP contribution in [-0.2, 0) is 11.2 Å². The largest absolute Gasteiger partial charge is 0.486 e. The summed E-state index contributed by atoms with van der Waals surface area (Å²) in [5, 5.41) is 2.76. The van der Waals surface area contributed by atoms with E-state index in [-0.39, 0.29) is 18.3 Å². The molecular formula is C18H18FNO4. The number of halogens is 1. The Morgan fingerprint density at radius 3 is 2.62 bits per heavy atom. The van der Waals surface area contributed by atoms with E-state index in [9.17, 15) is 9.18 Å². The van der Waals surface area contributed by atoms with Crippen LogP contribution in [0.25, 0.3) is 0 Å². The first-order chi connectivity index (χ1) is 11.7. The van der Waals surface area contributed by atoms with Gasteiger partial charge >= 0.3 is 0 Å². The maximum atomic E-state index is 12.8. The smallest absolute Gasteiger partial charge is 0.257 e. The number of carbonyl (C=O) groups is 1. The predicted molar refractivity (Wildman–Crippen MR) is 86.0 cm³/mol. The van der Waals surface area contributed by atoms with Crippen LogP contribution in [0, 0.1) is 5.82 Å². The molecule has 24 heavy (non-hydrogen) atoms. The first kappa shape index (κ1) is 16.1. The van der Waals surface area contributed by atoms with Crippen molar-refractivity contribution >= 4 is 5.91 Å². The molecule has 126 valence electrons. The highest BCUT2D eigenvalue weighted by Gasteiger charge is 2.12. The Morgan fingerprint density at radius 1 is 1.08 bits per heavy atom. The van der Waals surface area contributed by atoms with E-state index in [4.69, 9.17) is 14.2 Å². The van der Waals surface area contributed by atoms with E-state index < -0.39 is 0 Å². The topological polar surface area (TPSA) is 56.8 Å². The molecule has 0 unspecified atom stereocenters. The number of carbonyl (C=O) groups excluding carboxylic acids is 1. The van der Waals surface area contributed by atoms with Crippen LogP contribution in [0.1, 0.15) is 5.56 Å². The van der Waals surface area contributed by atoms with Gasteiger partial charge in [-0.15, -0.1) is 0 Å². The monoisotopic (exact) mass is 331 g/mol. The Bertz CT molecular complexity index is 703. The Morgan fingerprint density at radius 2 is 1.83 bits per heavy atom. The number of fused-ring (bicyclic) bond motifs is 1. The van der Waals surface area contributed by atoms with Gasteiger partial charge in [0.05, 0.1) is 0 Å². The zero-order chi connectivity index (χ0) is 16.8. The minimum Gasteiger partial charge on any atom is -0.486 e. The van der Waals surface area contributed by atoms with Gasteiger partial charge in [0.15, 0.2) is 18.1 Å². The molecule has 5 nitrogen and oxygen atoms in total. The molecule has 0 aliphatic carbocycles. The molecule has 0 radical (unpaired) electrons. The van der Waals surface area contributed by atoms with Crippen LogP contribution >= 0.6 is 0 Å². The number of rotatable bonds is 6. The van der Waals surface area contributed by atoms with Gasteiger partial charge in [0.25, 0.3) is 5.91 Å². The molecule has 2 aromatic rings. The predicted octanol–water partition coefficient (Wildman–Crippen LogP) is 2.33. The lowest BCUT2D eigenvalue weighted by Gasteiger charge is -2.18. The minimum atomic E-state index is -0.268. The highest BCUT2D eigenvalue weighted by Crippen LogP contribution is 2.33. The highest BCUT2D eigenvalue weighted by atomic mass is 19.1. The van der Waals surface area contributed by atoms with Crippen LogP contribution in [0.15, 0.2) is 42.5 Å². The molecule has 1 heterocycles. The molecule has 0 saturated carbocycles. The molecule has 1 aliphatic heterocycles. The molecule has 0 aromatic heterocycles. The van der Waals surface area contributed by atoms with E-state index in [0.29, 0.717) is 43.4 Å². The Hall–Kier alpha value is -2.76. The first-order valence-corrected chi connectivity index (χ1v) is 7.74. The molecule has 0 saturated heterocycles. The summed E-state index contributed by atoms with van der Waals surface area (Å²) in [6.45, 7) is 1.42. The van der Waals surface area contributed by atoms with Gasteiger partial charge in [-0.25, -0.2) is 4.39 Å². The van der Waals surface area contributed by atoms with Crippen molar-refractivity contribution in [3.05, 3.63) is 53.8 Å². The van der Waals surface area contributed by atoms with Crippen LogP contribution in [0.4, 0.5) is 4.39 Å². The molecule has 6 heteroatoms. The van der Waals surface area contributed by atoms with Crippen molar-refractivity contribution in [2.24, 2.45) is 0 Å². The van der Waals surface area contributed by atoms with Crippen molar-refractivity contribution in [2.45, 2.75) is 6.42 Å². The molecule has 1 aliphatic rings. The van der Waals surface area contributed by atoms with Gasteiger partial charge in [-0.05, 0) is 36.2 Å². The van der Waals surface area contributed by atoms with E-state index in [1.54, 1.807) is 30.3 Å². The lowest BCUT2D eigenvalue weighted by Crippen LogP contribution is -2.30. The van der Waals surface area contributed by atoms with Crippen LogP contribution in [0.3, 0.4) is 0 Å². The molecule has 3 rings (SSSR count). The summed E-state index contributed by atoms with van der Waals surface area (Å²) < 4.78 is 29.1. The van der Waals surface area contributed by atoms with Crippen molar-refractivity contribution in [3.8, 4) is 17.2 Å². The first-order valence-electron chi connectivity index (χ1n) is 7.74. The fourth-order valence-corrected chi connectivity index (χ4v) is 2.31. The second-order valence-electron chi connectivity index (χ2n) is 5.32. The molecule has 1 N–H and O–H groups in total. The third-order valence-electron chi connectivity index (χ3n) is 3.53. The van der Waals surface area contributed by atoms with Crippen LogP contribution < -0.4 is 19.5 Å². The lowest BCUT2D eigenvalue weighted by atomic mass is 10.1. The Kier molecular flexibility index (Phi) is 5.15. The molecular weight excluding hydrogens is 313 g/mol. The summed E-state index contributed by atoms with van der Waals surface area (Å²) in [6, 6.07) is 11.4. The third kappa shape index (κ3) is 4.38. The van der Waals surface area contributed by atoms with Gasteiger partial charge in [0.1, 0.15) is 24.8 Å². The molecule has 0 atom stereocenters. The second kappa shape index (κ2) is 7.68. The maximum Gasteiger partial charge on any atom is 0.257 e. The summed E-state index contributed by atoms with van der Waals surface area (Å²) in [6.07, 6.45) is 0.635. The van der Waals surface area contributed by atoms with E-state index in [0.717, 1.165) is 5.56 Å². The second-order valence-corrected chi connectivity index (χ2v) is 5.32. The standard InChI is InChI=1S/C18H18FNO4/c19-14-3-1-13(2-4-14)7-8-20-18(21)12-24-15-5-6-16-17(11-15)23-10-9-22-16/h1-6,11H,7-10,12H2,(H,20,21). The van der Waals surface area contributed by atoms with Crippen LogP contribution in [0.2, 0.25) is 0 Å². The van der Waals surface area contributed by atoms with Crippen molar-refractivity contribution in [3.63, 3.8) is 0 Å². The van der Waals surface area contributed by atoms with Crippen molar-refractivity contribution < 1.29 is 23.4 Å². The third-order valence-corrected chi connectivity index (χ3v) is 3.53. The van der Waals surface area contributed by atoms with Crippen LogP contribution in [-0.4, -0.2) is 32.3 Å². The van der Waals surface area contributed by atoms with E-state index in [1.807, 2.05) is 0 Å². The minimum absolute atomic E-state index is 0.0803. The zero-order valence-electron chi connectivity index (χ0n) is 13.1. The van der Waals surface area contributed by atoms with E-state index in [2.05, 4.69) is 5.32 Å². The van der Waals surface area contributed by atoms with E-state index >= 15 is 0 Å². The fraction of sp³-hybridized carbons (Fsp3) is 0.278. The highest BCUT2D eigenvalue weighted by molar-refractivity contribution is 5.77. The zero-order valence-corrected chi connectivity index (χ0v) is 13.1. The van der Waals surface area contributed by atoms with Gasteiger partial charge in [-0.3, -0.25) is 4.79 Å². The summed E-state index contributed by atoms with van der Waals surface area (Å²) in [4.78, 5) is 11.8. The van der Waals surface area contributed by atoms with Gasteiger partial charge in [-0.2, -0.15) is 0 Å². The number of hydrogen-bond acceptors (Lipinski definition) is 4. The average Bonchev–Trinajstić information content (AvgIpc) is 2.61. The Balaban J connectivity index is 1.41. The summed E-state index contributed by atoms with van der Waals surface area (Å²) in [5.41, 5.74) is 0.962. The molecule has 1 amide bonds. The maximum absolute atomic E-state index is 12.8. The van der Waals surface area contributed by atoms with Crippen molar-refractivity contribution in [2.75, 3.05) is 26.4 Å². The molecule has 0 bridgehead atoms. The van der Waals surface area contributed by atoms with Crippen LogP contribution in [0.5, 0.6) is 17.2 Å². The molecule has 0 spiro atoms. The summed E-state index contributed by atoms with van der Waals surface area (Å²) >= 11 is 0. The average molecular weight is 331 g/mol. The van der Waals surface area contributed by atoms with Gasteiger partial charge in [-0.1, -0.05) is 12.1 Å². The Labute approximate surface area is 139 Å². The summed E-state index contributed by atoms with van der Waals surface area (Å²) in [5.74, 6) is 1.36. The van der Waals surface area contributed by atoms with Crippen molar-refractivity contribution in [1.29, 1.82) is 0 Å². The SMILES string of the molecule is O=C(COc1ccc2c(c1)OCCO2)NCCc1ccc(F)cc1. The van der Waals surface area contributed by atoms with E-state index in [1.165, 1.54) is 12.1 Å². The van der Waals surface area contributed by atoms with Gasteiger partial charge < -0.3 is 19.5 Å². The number of benzene rings is 2. The molecule has 2 aromatic carbocycles. The van der Waals surface area contributed by atoms with Gasteiger partial charge in [0.2, 0.25) is 0 Å².